The second-order valence-electron chi connectivity index (χ2n) is 7.99. The van der Waals surface area contributed by atoms with E-state index < -0.39 is 0 Å². The monoisotopic (exact) mass is 424 g/mol. The van der Waals surface area contributed by atoms with Crippen molar-refractivity contribution in [2.75, 3.05) is 0 Å². The number of hydrogen-bond donors (Lipinski definition) is 0. The van der Waals surface area contributed by atoms with Gasteiger partial charge in [-0.3, -0.25) is 4.79 Å². The molecule has 1 fully saturated rings. The van der Waals surface area contributed by atoms with Crippen LogP contribution < -0.4 is 0 Å². The molecule has 5 heteroatoms. The minimum atomic E-state index is -0.328. The Morgan fingerprint density at radius 2 is 1.80 bits per heavy atom. The Morgan fingerprint density at radius 3 is 2.53 bits per heavy atom. The molecule has 1 saturated carbocycles. The fourth-order valence-corrected chi connectivity index (χ4v) is 4.48. The van der Waals surface area contributed by atoms with Crippen molar-refractivity contribution in [3.63, 3.8) is 0 Å². The summed E-state index contributed by atoms with van der Waals surface area (Å²) in [5.41, 5.74) is 2.74. The van der Waals surface area contributed by atoms with Crippen LogP contribution in [-0.4, -0.2) is 21.4 Å². The molecule has 0 saturated heterocycles. The van der Waals surface area contributed by atoms with E-state index in [2.05, 4.69) is 16.7 Å². The number of aromatic nitrogens is 1. The zero-order chi connectivity index (χ0) is 20.9. The van der Waals surface area contributed by atoms with E-state index in [1.54, 1.807) is 12.1 Å². The zero-order valence-corrected chi connectivity index (χ0v) is 17.7. The van der Waals surface area contributed by atoms with E-state index in [-0.39, 0.29) is 17.8 Å². The molecule has 0 N–H and O–H groups in total. The predicted molar refractivity (Wildman–Crippen MR) is 118 cm³/mol. The molecule has 1 aromatic heterocycles. The van der Waals surface area contributed by atoms with Crippen LogP contribution in [0.4, 0.5) is 4.39 Å². The number of carbonyl (C=O) groups is 1. The van der Waals surface area contributed by atoms with E-state index in [1.165, 1.54) is 18.6 Å². The van der Waals surface area contributed by atoms with Crippen molar-refractivity contribution in [1.82, 2.24) is 9.47 Å². The third kappa shape index (κ3) is 4.93. The number of benzene rings is 2. The zero-order valence-electron chi connectivity index (χ0n) is 16.9. The van der Waals surface area contributed by atoms with E-state index in [1.807, 2.05) is 35.4 Å². The molecule has 0 bridgehead atoms. The first kappa shape index (κ1) is 20.7. The van der Waals surface area contributed by atoms with E-state index in [4.69, 9.17) is 11.6 Å². The number of rotatable bonds is 6. The molecule has 3 nitrogen and oxygen atoms in total. The maximum atomic E-state index is 13.4. The molecule has 0 unspecified atom stereocenters. The van der Waals surface area contributed by atoms with Gasteiger partial charge in [0.25, 0.3) is 5.91 Å². The standard InChI is InChI=1S/C25H26ClFN2O/c26-21-7-4-6-19(16-21)17-28-15-5-10-24(28)18-29(23-8-2-1-3-9-23)25(30)20-11-13-22(27)14-12-20/h4-7,10-16,23H,1-3,8-9,17-18H2. The van der Waals surface area contributed by atoms with Crippen LogP contribution in [-0.2, 0) is 13.1 Å². The van der Waals surface area contributed by atoms with Crippen LogP contribution in [0, 0.1) is 5.82 Å². The smallest absolute Gasteiger partial charge is 0.254 e. The molecular weight excluding hydrogens is 399 g/mol. The van der Waals surface area contributed by atoms with Crippen LogP contribution in [0.25, 0.3) is 0 Å². The van der Waals surface area contributed by atoms with Crippen molar-refractivity contribution < 1.29 is 9.18 Å². The van der Waals surface area contributed by atoms with Crippen molar-refractivity contribution in [2.45, 2.75) is 51.2 Å². The summed E-state index contributed by atoms with van der Waals surface area (Å²) in [6.07, 6.45) is 7.57. The second-order valence-corrected chi connectivity index (χ2v) is 8.43. The average Bonchev–Trinajstić information content (AvgIpc) is 3.19. The largest absolute Gasteiger partial charge is 0.345 e. The third-order valence-corrected chi connectivity index (χ3v) is 6.10. The number of halogens is 2. The van der Waals surface area contributed by atoms with Gasteiger partial charge in [-0.15, -0.1) is 0 Å². The first-order valence-corrected chi connectivity index (χ1v) is 10.9. The number of nitrogens with zero attached hydrogens (tertiary/aromatic N) is 2. The lowest BCUT2D eigenvalue weighted by Crippen LogP contribution is -2.41. The normalized spacial score (nSPS) is 14.6. The van der Waals surface area contributed by atoms with Crippen molar-refractivity contribution in [3.8, 4) is 0 Å². The Hall–Kier alpha value is -2.59. The highest BCUT2D eigenvalue weighted by molar-refractivity contribution is 6.30. The molecule has 156 valence electrons. The van der Waals surface area contributed by atoms with Gasteiger partial charge in [0, 0.05) is 35.1 Å². The van der Waals surface area contributed by atoms with Gasteiger partial charge < -0.3 is 9.47 Å². The maximum Gasteiger partial charge on any atom is 0.254 e. The van der Waals surface area contributed by atoms with Gasteiger partial charge in [-0.2, -0.15) is 0 Å². The summed E-state index contributed by atoms with van der Waals surface area (Å²) < 4.78 is 15.5. The first-order valence-electron chi connectivity index (χ1n) is 10.5. The summed E-state index contributed by atoms with van der Waals surface area (Å²) >= 11 is 6.14. The Labute approximate surface area is 182 Å². The molecule has 1 amide bonds. The SMILES string of the molecule is O=C(c1ccc(F)cc1)N(Cc1cccn1Cc1cccc(Cl)c1)C1CCCCC1. The van der Waals surface area contributed by atoms with Crippen molar-refractivity contribution in [3.05, 3.63) is 94.5 Å². The third-order valence-electron chi connectivity index (χ3n) is 5.87. The molecule has 0 aliphatic heterocycles. The van der Waals surface area contributed by atoms with Crippen LogP contribution >= 0.6 is 11.6 Å². The highest BCUT2D eigenvalue weighted by Gasteiger charge is 2.27. The topological polar surface area (TPSA) is 25.2 Å². The molecular formula is C25H26ClFN2O. The fraction of sp³-hybridized carbons (Fsp3) is 0.320. The van der Waals surface area contributed by atoms with Crippen molar-refractivity contribution in [1.29, 1.82) is 0 Å². The van der Waals surface area contributed by atoms with Crippen molar-refractivity contribution >= 4 is 17.5 Å². The molecule has 3 aromatic rings. The minimum absolute atomic E-state index is 0.0302. The van der Waals surface area contributed by atoms with Crippen LogP contribution in [0.15, 0.2) is 66.9 Å². The van der Waals surface area contributed by atoms with E-state index in [0.29, 0.717) is 18.7 Å². The summed E-state index contributed by atoms with van der Waals surface area (Å²) in [6, 6.07) is 18.0. The summed E-state index contributed by atoms with van der Waals surface area (Å²) in [5, 5.41) is 0.719. The van der Waals surface area contributed by atoms with Gasteiger partial charge >= 0.3 is 0 Å². The van der Waals surface area contributed by atoms with Crippen LogP contribution in [0.5, 0.6) is 0 Å². The number of carbonyl (C=O) groups excluding carboxylic acids is 1. The van der Waals surface area contributed by atoms with Crippen LogP contribution in [0.1, 0.15) is 53.7 Å². The molecule has 0 atom stereocenters. The minimum Gasteiger partial charge on any atom is -0.345 e. The van der Waals surface area contributed by atoms with Gasteiger partial charge in [-0.25, -0.2) is 4.39 Å². The average molecular weight is 425 g/mol. The van der Waals surface area contributed by atoms with Gasteiger partial charge in [-0.1, -0.05) is 43.0 Å². The summed E-state index contributed by atoms with van der Waals surface area (Å²) in [5.74, 6) is -0.358. The van der Waals surface area contributed by atoms with Gasteiger partial charge in [-0.05, 0) is 66.9 Å². The predicted octanol–water partition coefficient (Wildman–Crippen LogP) is 6.30. The molecule has 1 aliphatic rings. The Balaban J connectivity index is 1.58. The summed E-state index contributed by atoms with van der Waals surface area (Å²) in [4.78, 5) is 15.4. The lowest BCUT2D eigenvalue weighted by atomic mass is 9.93. The fourth-order valence-electron chi connectivity index (χ4n) is 4.27. The quantitative estimate of drug-likeness (QED) is 0.455. The van der Waals surface area contributed by atoms with Crippen LogP contribution in [0.2, 0.25) is 5.02 Å². The lowest BCUT2D eigenvalue weighted by molar-refractivity contribution is 0.0608. The van der Waals surface area contributed by atoms with E-state index in [9.17, 15) is 9.18 Å². The molecule has 0 radical (unpaired) electrons. The molecule has 30 heavy (non-hydrogen) atoms. The highest BCUT2D eigenvalue weighted by Crippen LogP contribution is 2.26. The van der Waals surface area contributed by atoms with Gasteiger partial charge in [0.15, 0.2) is 0 Å². The molecule has 4 rings (SSSR count). The Morgan fingerprint density at radius 1 is 1.03 bits per heavy atom. The molecule has 1 heterocycles. The summed E-state index contributed by atoms with van der Waals surface area (Å²) in [6.45, 7) is 1.24. The van der Waals surface area contributed by atoms with Gasteiger partial charge in [0.1, 0.15) is 5.82 Å². The molecule has 0 spiro atoms. The van der Waals surface area contributed by atoms with Crippen molar-refractivity contribution in [2.24, 2.45) is 0 Å². The molecule has 1 aliphatic carbocycles. The Kier molecular flexibility index (Phi) is 6.53. The van der Waals surface area contributed by atoms with E-state index in [0.717, 1.165) is 42.0 Å². The Bertz CT molecular complexity index is 992. The van der Waals surface area contributed by atoms with Gasteiger partial charge in [0.05, 0.1) is 6.54 Å². The van der Waals surface area contributed by atoms with Crippen LogP contribution in [0.3, 0.4) is 0 Å². The second kappa shape index (κ2) is 9.48. The van der Waals surface area contributed by atoms with Gasteiger partial charge in [0.2, 0.25) is 0 Å². The molecule has 2 aromatic carbocycles. The lowest BCUT2D eigenvalue weighted by Gasteiger charge is -2.35. The highest BCUT2D eigenvalue weighted by atomic mass is 35.5. The first-order chi connectivity index (χ1) is 14.6. The van der Waals surface area contributed by atoms with E-state index >= 15 is 0 Å². The number of hydrogen-bond acceptors (Lipinski definition) is 1. The number of amides is 1. The maximum absolute atomic E-state index is 13.4. The summed E-state index contributed by atoms with van der Waals surface area (Å²) in [7, 11) is 0.